The number of carbonyl (C=O) groups excluding carboxylic acids is 3. The van der Waals surface area contributed by atoms with Crippen molar-refractivity contribution in [2.45, 2.75) is 12.5 Å². The van der Waals surface area contributed by atoms with Gasteiger partial charge in [-0.05, 0) is 17.7 Å². The molecule has 182 valence electrons. The van der Waals surface area contributed by atoms with Gasteiger partial charge in [-0.1, -0.05) is 60.7 Å². The number of rotatable bonds is 9. The van der Waals surface area contributed by atoms with Gasteiger partial charge in [0.15, 0.2) is 11.6 Å². The van der Waals surface area contributed by atoms with Gasteiger partial charge in [0.05, 0.1) is 18.9 Å². The number of hydrogen-bond acceptors (Lipinski definition) is 6. The van der Waals surface area contributed by atoms with Crippen LogP contribution in [0.15, 0.2) is 85.2 Å². The van der Waals surface area contributed by atoms with Crippen LogP contribution in [0.2, 0.25) is 0 Å². The average molecular weight is 487 g/mol. The summed E-state index contributed by atoms with van der Waals surface area (Å²) in [5, 5.41) is 6.88. The zero-order valence-electron chi connectivity index (χ0n) is 19.2. The van der Waals surface area contributed by atoms with Crippen molar-refractivity contribution >= 4 is 17.6 Å². The van der Waals surface area contributed by atoms with Gasteiger partial charge in [-0.3, -0.25) is 19.2 Å². The van der Waals surface area contributed by atoms with E-state index in [0.717, 1.165) is 16.4 Å². The fourth-order valence-corrected chi connectivity index (χ4v) is 3.61. The molecule has 4 aromatic rings. The van der Waals surface area contributed by atoms with E-state index < -0.39 is 29.5 Å². The molecule has 2 aromatic carbocycles. The first-order valence-corrected chi connectivity index (χ1v) is 11.0. The van der Waals surface area contributed by atoms with Crippen molar-refractivity contribution in [3.63, 3.8) is 0 Å². The molecule has 9 nitrogen and oxygen atoms in total. The second-order valence-corrected chi connectivity index (χ2v) is 7.73. The summed E-state index contributed by atoms with van der Waals surface area (Å²) in [6.45, 7) is 0. The highest BCUT2D eigenvalue weighted by atomic mass is 19.1. The Labute approximate surface area is 205 Å². The summed E-state index contributed by atoms with van der Waals surface area (Å²) in [6.07, 6.45) is 2.62. The number of nitrogens with zero attached hydrogens (tertiary/aromatic N) is 3. The number of halogens is 1. The van der Waals surface area contributed by atoms with Crippen molar-refractivity contribution in [3.8, 4) is 17.1 Å². The molecule has 0 spiro atoms. The Bertz CT molecular complexity index is 1380. The molecule has 0 bridgehead atoms. The van der Waals surface area contributed by atoms with Crippen LogP contribution in [0.25, 0.3) is 17.1 Å². The van der Waals surface area contributed by atoms with Gasteiger partial charge in [0.25, 0.3) is 5.91 Å². The summed E-state index contributed by atoms with van der Waals surface area (Å²) in [7, 11) is 1.20. The third kappa shape index (κ3) is 5.50. The van der Waals surface area contributed by atoms with Gasteiger partial charge in [0, 0.05) is 18.2 Å². The molecule has 2 heterocycles. The summed E-state index contributed by atoms with van der Waals surface area (Å²) in [5.74, 6) is -3.12. The van der Waals surface area contributed by atoms with E-state index in [4.69, 9.17) is 0 Å². The molecule has 1 atom stereocenters. The maximum Gasteiger partial charge on any atom is 0.313 e. The summed E-state index contributed by atoms with van der Waals surface area (Å²) in [6, 6.07) is 19.5. The Hall–Kier alpha value is -4.70. The fraction of sp³-hybridized carbons (Fsp3) is 0.115. The Morgan fingerprint density at radius 2 is 1.69 bits per heavy atom. The highest BCUT2D eigenvalue weighted by Crippen LogP contribution is 2.22. The lowest BCUT2D eigenvalue weighted by molar-refractivity contribution is -0.145. The van der Waals surface area contributed by atoms with Gasteiger partial charge in [-0.2, -0.15) is 5.10 Å². The molecule has 36 heavy (non-hydrogen) atoms. The largest absolute Gasteiger partial charge is 0.341 e. The summed E-state index contributed by atoms with van der Waals surface area (Å²) in [4.78, 5) is 47.0. The minimum Gasteiger partial charge on any atom is -0.341 e. The average Bonchev–Trinajstić information content (AvgIpc) is 3.30. The molecule has 0 saturated carbocycles. The predicted molar refractivity (Wildman–Crippen MR) is 128 cm³/mol. The van der Waals surface area contributed by atoms with Crippen LogP contribution in [0, 0.1) is 5.82 Å². The molecule has 10 heteroatoms. The van der Waals surface area contributed by atoms with Crippen LogP contribution in [0.1, 0.15) is 15.9 Å². The summed E-state index contributed by atoms with van der Waals surface area (Å²) in [5.41, 5.74) is 3.41. The standard InChI is InChI=1S/C26H22FN5O4/c1-36-31-26(35)23(33)21(15-17-9-4-2-5-10-17)29-25(34)19-13-8-14-28-24(19)32-16-20(27)22(30-32)18-11-6-3-7-12-18/h2-14,16,21H,15H2,1H3,(H,29,34)(H,31,35). The lowest BCUT2D eigenvalue weighted by Gasteiger charge is -2.18. The molecular weight excluding hydrogens is 465 g/mol. The van der Waals surface area contributed by atoms with Crippen LogP contribution < -0.4 is 10.8 Å². The maximum atomic E-state index is 14.7. The van der Waals surface area contributed by atoms with Crippen LogP contribution >= 0.6 is 0 Å². The second kappa shape index (κ2) is 11.2. The highest BCUT2D eigenvalue weighted by Gasteiger charge is 2.29. The van der Waals surface area contributed by atoms with E-state index in [0.29, 0.717) is 5.56 Å². The van der Waals surface area contributed by atoms with Crippen molar-refractivity contribution in [3.05, 3.63) is 102 Å². The summed E-state index contributed by atoms with van der Waals surface area (Å²) >= 11 is 0. The van der Waals surface area contributed by atoms with Crippen LogP contribution in [0.3, 0.4) is 0 Å². The van der Waals surface area contributed by atoms with E-state index in [-0.39, 0.29) is 23.5 Å². The number of pyridine rings is 1. The lowest BCUT2D eigenvalue weighted by atomic mass is 10.0. The van der Waals surface area contributed by atoms with Crippen molar-refractivity contribution in [1.29, 1.82) is 0 Å². The number of carbonyl (C=O) groups is 3. The zero-order valence-corrected chi connectivity index (χ0v) is 19.2. The van der Waals surface area contributed by atoms with Crippen molar-refractivity contribution in [1.82, 2.24) is 25.6 Å². The number of benzene rings is 2. The number of hydrogen-bond donors (Lipinski definition) is 2. The Kier molecular flexibility index (Phi) is 7.57. The van der Waals surface area contributed by atoms with Crippen molar-refractivity contribution in [2.75, 3.05) is 7.11 Å². The normalized spacial score (nSPS) is 11.5. The predicted octanol–water partition coefficient (Wildman–Crippen LogP) is 2.66. The molecule has 0 fully saturated rings. The SMILES string of the molecule is CONC(=O)C(=O)C(Cc1ccccc1)NC(=O)c1cccnc1-n1cc(F)c(-c2ccccc2)n1. The molecule has 2 aromatic heterocycles. The van der Waals surface area contributed by atoms with E-state index in [1.54, 1.807) is 54.6 Å². The van der Waals surface area contributed by atoms with Gasteiger partial charge in [-0.25, -0.2) is 19.5 Å². The topological polar surface area (TPSA) is 115 Å². The molecule has 0 aliphatic heterocycles. The first-order valence-electron chi connectivity index (χ1n) is 11.0. The molecule has 0 saturated heterocycles. The van der Waals surface area contributed by atoms with Gasteiger partial charge in [-0.15, -0.1) is 0 Å². The van der Waals surface area contributed by atoms with E-state index >= 15 is 0 Å². The van der Waals surface area contributed by atoms with Crippen molar-refractivity contribution in [2.24, 2.45) is 0 Å². The number of ketones is 1. The second-order valence-electron chi connectivity index (χ2n) is 7.73. The lowest BCUT2D eigenvalue weighted by Crippen LogP contribution is -2.48. The Balaban J connectivity index is 1.64. The number of aromatic nitrogens is 3. The van der Waals surface area contributed by atoms with Gasteiger partial charge < -0.3 is 5.32 Å². The monoisotopic (exact) mass is 487 g/mol. The number of amides is 2. The zero-order chi connectivity index (χ0) is 25.5. The van der Waals surface area contributed by atoms with Gasteiger partial charge >= 0.3 is 5.91 Å². The van der Waals surface area contributed by atoms with E-state index in [9.17, 15) is 18.8 Å². The number of Topliss-reactive ketones (excluding diaryl/α,β-unsaturated/α-hetero) is 1. The molecule has 0 radical (unpaired) electrons. The number of hydroxylamine groups is 1. The minimum atomic E-state index is -1.20. The van der Waals surface area contributed by atoms with E-state index in [1.165, 1.54) is 25.4 Å². The molecule has 2 N–H and O–H groups in total. The first kappa shape index (κ1) is 24.4. The van der Waals surface area contributed by atoms with Crippen LogP contribution in [-0.2, 0) is 20.8 Å². The van der Waals surface area contributed by atoms with Crippen LogP contribution in [-0.4, -0.2) is 45.5 Å². The quantitative estimate of drug-likeness (QED) is 0.277. The Morgan fingerprint density at radius 3 is 2.39 bits per heavy atom. The summed E-state index contributed by atoms with van der Waals surface area (Å²) < 4.78 is 15.9. The maximum absolute atomic E-state index is 14.7. The van der Waals surface area contributed by atoms with Gasteiger partial charge in [0.2, 0.25) is 5.78 Å². The van der Waals surface area contributed by atoms with Crippen molar-refractivity contribution < 1.29 is 23.6 Å². The van der Waals surface area contributed by atoms with E-state index in [1.807, 2.05) is 11.5 Å². The third-order valence-corrected chi connectivity index (χ3v) is 5.29. The molecule has 0 aliphatic rings. The molecule has 4 rings (SSSR count). The van der Waals surface area contributed by atoms with E-state index in [2.05, 4.69) is 20.2 Å². The Morgan fingerprint density at radius 1 is 1.00 bits per heavy atom. The first-order chi connectivity index (χ1) is 17.5. The fourth-order valence-electron chi connectivity index (χ4n) is 3.61. The number of nitrogens with one attached hydrogen (secondary N) is 2. The highest BCUT2D eigenvalue weighted by molar-refractivity contribution is 6.38. The van der Waals surface area contributed by atoms with Crippen LogP contribution in [0.5, 0.6) is 0 Å². The minimum absolute atomic E-state index is 0.0395. The molecule has 0 aliphatic carbocycles. The third-order valence-electron chi connectivity index (χ3n) is 5.29. The van der Waals surface area contributed by atoms with Crippen LogP contribution in [0.4, 0.5) is 4.39 Å². The van der Waals surface area contributed by atoms with Gasteiger partial charge in [0.1, 0.15) is 11.7 Å². The smallest absolute Gasteiger partial charge is 0.313 e. The molecular formula is C26H22FN5O4. The molecule has 2 amide bonds. The molecule has 1 unspecified atom stereocenters.